The number of carboxylic acids is 2. The summed E-state index contributed by atoms with van der Waals surface area (Å²) in [5, 5.41) is 17.9. The molecule has 0 radical (unpaired) electrons. The molecule has 0 aliphatic heterocycles. The predicted molar refractivity (Wildman–Crippen MR) is 90.3 cm³/mol. The summed E-state index contributed by atoms with van der Waals surface area (Å²) in [4.78, 5) is 45.1. The van der Waals surface area contributed by atoms with Gasteiger partial charge in [0, 0.05) is 12.8 Å². The maximum atomic E-state index is 11.6. The van der Waals surface area contributed by atoms with Crippen molar-refractivity contribution in [1.82, 2.24) is 0 Å². The largest absolute Gasteiger partial charge is 0.479 e. The Morgan fingerprint density at radius 3 is 1.38 bits per heavy atom. The van der Waals surface area contributed by atoms with Gasteiger partial charge >= 0.3 is 23.9 Å². The van der Waals surface area contributed by atoms with E-state index in [1.807, 2.05) is 0 Å². The first-order chi connectivity index (χ1) is 11.3. The number of thioether (sulfide) groups is 2. The molecule has 0 saturated carbocycles. The number of aliphatic carboxylic acids is 2. The summed E-state index contributed by atoms with van der Waals surface area (Å²) in [5.74, 6) is -3.14. The van der Waals surface area contributed by atoms with E-state index in [0.717, 1.165) is 0 Å². The minimum Gasteiger partial charge on any atom is -0.479 e. The van der Waals surface area contributed by atoms with Crippen LogP contribution in [0.3, 0.4) is 0 Å². The van der Waals surface area contributed by atoms with E-state index in [1.54, 1.807) is 12.5 Å². The molecule has 0 aromatic heterocycles. The molecule has 0 heterocycles. The molecule has 138 valence electrons. The lowest BCUT2D eigenvalue weighted by atomic mass is 10.2. The molecule has 8 nitrogen and oxygen atoms in total. The highest BCUT2D eigenvalue weighted by Crippen LogP contribution is 2.10. The van der Waals surface area contributed by atoms with Gasteiger partial charge in [0.25, 0.3) is 0 Å². The first-order valence-electron chi connectivity index (χ1n) is 7.14. The smallest absolute Gasteiger partial charge is 0.345 e. The lowest BCUT2D eigenvalue weighted by Crippen LogP contribution is -2.29. The van der Waals surface area contributed by atoms with Crippen LogP contribution in [0, 0.1) is 0 Å². The van der Waals surface area contributed by atoms with E-state index < -0.39 is 36.1 Å². The van der Waals surface area contributed by atoms with Crippen LogP contribution < -0.4 is 0 Å². The van der Waals surface area contributed by atoms with Crippen molar-refractivity contribution >= 4 is 47.4 Å². The Morgan fingerprint density at radius 1 is 0.792 bits per heavy atom. The number of ether oxygens (including phenoxy) is 2. The summed E-state index contributed by atoms with van der Waals surface area (Å²) in [6.07, 6.45) is 0.696. The number of carbonyl (C=O) groups excluding carboxylic acids is 2. The fraction of sp³-hybridized carbons (Fsp3) is 0.714. The number of hydrogen-bond donors (Lipinski definition) is 2. The first kappa shape index (κ1) is 22.6. The number of carbonyl (C=O) groups is 4. The third-order valence-corrected chi connectivity index (χ3v) is 4.09. The van der Waals surface area contributed by atoms with Crippen molar-refractivity contribution in [3.8, 4) is 0 Å². The zero-order chi connectivity index (χ0) is 18.5. The molecule has 0 aromatic carbocycles. The van der Waals surface area contributed by atoms with Crippen molar-refractivity contribution in [3.05, 3.63) is 0 Å². The van der Waals surface area contributed by atoms with Crippen LogP contribution in [0.15, 0.2) is 0 Å². The van der Waals surface area contributed by atoms with Crippen LogP contribution in [0.1, 0.15) is 25.7 Å². The first-order valence-corrected chi connectivity index (χ1v) is 9.93. The van der Waals surface area contributed by atoms with E-state index in [9.17, 15) is 19.2 Å². The maximum absolute atomic E-state index is 11.6. The Kier molecular flexibility index (Phi) is 12.2. The molecule has 0 fully saturated rings. The molecule has 2 N–H and O–H groups in total. The van der Waals surface area contributed by atoms with Crippen LogP contribution in [0.4, 0.5) is 0 Å². The third kappa shape index (κ3) is 10.4. The van der Waals surface area contributed by atoms with Crippen LogP contribution in [0.2, 0.25) is 0 Å². The van der Waals surface area contributed by atoms with Crippen molar-refractivity contribution in [2.75, 3.05) is 24.0 Å². The number of hydrogen-bond acceptors (Lipinski definition) is 8. The molecule has 0 rings (SSSR count). The van der Waals surface area contributed by atoms with Gasteiger partial charge < -0.3 is 19.7 Å². The summed E-state index contributed by atoms with van der Waals surface area (Å²) in [5.41, 5.74) is 0. The SMILES string of the molecule is CSCCC(OC(=O)CCC(=O)OC(CCSC)C(=O)O)C(=O)O. The van der Waals surface area contributed by atoms with E-state index in [2.05, 4.69) is 0 Å². The summed E-state index contributed by atoms with van der Waals surface area (Å²) in [6, 6.07) is 0. The Balaban J connectivity index is 4.29. The molecule has 24 heavy (non-hydrogen) atoms. The van der Waals surface area contributed by atoms with Crippen LogP contribution in [-0.4, -0.2) is 70.3 Å². The molecule has 0 aliphatic rings. The highest BCUT2D eigenvalue weighted by molar-refractivity contribution is 7.98. The van der Waals surface area contributed by atoms with Gasteiger partial charge in [0.1, 0.15) is 0 Å². The number of carboxylic acid groups (broad SMARTS) is 2. The molecule has 0 saturated heterocycles. The van der Waals surface area contributed by atoms with Gasteiger partial charge in [-0.1, -0.05) is 0 Å². The second kappa shape index (κ2) is 12.9. The average Bonchev–Trinajstić information content (AvgIpc) is 2.52. The van der Waals surface area contributed by atoms with Gasteiger partial charge in [-0.15, -0.1) is 0 Å². The van der Waals surface area contributed by atoms with Gasteiger partial charge in [0.15, 0.2) is 12.2 Å². The van der Waals surface area contributed by atoms with E-state index >= 15 is 0 Å². The minimum atomic E-state index is -1.26. The standard InChI is InChI=1S/C14H22O8S2/c1-23-7-5-9(13(17)18)21-11(15)3-4-12(16)22-10(14(19)20)6-8-24-2/h9-10H,3-8H2,1-2H3,(H,17,18)(H,19,20). The van der Waals surface area contributed by atoms with Gasteiger partial charge in [0.2, 0.25) is 0 Å². The van der Waals surface area contributed by atoms with Crippen LogP contribution in [0.5, 0.6) is 0 Å². The van der Waals surface area contributed by atoms with E-state index in [0.29, 0.717) is 11.5 Å². The number of esters is 2. The van der Waals surface area contributed by atoms with Crippen molar-refractivity contribution in [2.24, 2.45) is 0 Å². The molecule has 2 atom stereocenters. The topological polar surface area (TPSA) is 127 Å². The summed E-state index contributed by atoms with van der Waals surface area (Å²) < 4.78 is 9.60. The van der Waals surface area contributed by atoms with Crippen LogP contribution >= 0.6 is 23.5 Å². The second-order valence-corrected chi connectivity index (χ2v) is 6.67. The average molecular weight is 382 g/mol. The van der Waals surface area contributed by atoms with E-state index in [4.69, 9.17) is 19.7 Å². The zero-order valence-corrected chi connectivity index (χ0v) is 15.2. The Bertz CT molecular complexity index is 400. The van der Waals surface area contributed by atoms with Crippen molar-refractivity contribution in [2.45, 2.75) is 37.9 Å². The molecular formula is C14H22O8S2. The zero-order valence-electron chi connectivity index (χ0n) is 13.6. The molecule has 0 bridgehead atoms. The molecule has 10 heteroatoms. The third-order valence-electron chi connectivity index (χ3n) is 2.80. The summed E-state index contributed by atoms with van der Waals surface area (Å²) >= 11 is 2.85. The fourth-order valence-corrected chi connectivity index (χ4v) is 2.45. The predicted octanol–water partition coefficient (Wildman–Crippen LogP) is 1.27. The highest BCUT2D eigenvalue weighted by Gasteiger charge is 2.24. The fourth-order valence-electron chi connectivity index (χ4n) is 1.55. The summed E-state index contributed by atoms with van der Waals surface area (Å²) in [6.45, 7) is 0. The monoisotopic (exact) mass is 382 g/mol. The Morgan fingerprint density at radius 2 is 1.12 bits per heavy atom. The lowest BCUT2D eigenvalue weighted by molar-refractivity contribution is -0.167. The lowest BCUT2D eigenvalue weighted by Gasteiger charge is -2.14. The van der Waals surface area contributed by atoms with Gasteiger partial charge in [0.05, 0.1) is 12.8 Å². The van der Waals surface area contributed by atoms with Crippen molar-refractivity contribution < 1.29 is 38.9 Å². The van der Waals surface area contributed by atoms with Gasteiger partial charge in [-0.2, -0.15) is 23.5 Å². The molecule has 0 spiro atoms. The van der Waals surface area contributed by atoms with E-state index in [-0.39, 0.29) is 25.7 Å². The maximum Gasteiger partial charge on any atom is 0.345 e. The van der Waals surface area contributed by atoms with Crippen LogP contribution in [0.25, 0.3) is 0 Å². The van der Waals surface area contributed by atoms with Crippen LogP contribution in [-0.2, 0) is 28.7 Å². The summed E-state index contributed by atoms with van der Waals surface area (Å²) in [7, 11) is 0. The Hall–Kier alpha value is -1.42. The van der Waals surface area contributed by atoms with Gasteiger partial charge in [-0.25, -0.2) is 9.59 Å². The second-order valence-electron chi connectivity index (χ2n) is 4.70. The molecule has 2 unspecified atom stereocenters. The normalized spacial score (nSPS) is 12.9. The molecule has 0 aromatic rings. The van der Waals surface area contributed by atoms with E-state index in [1.165, 1.54) is 23.5 Å². The van der Waals surface area contributed by atoms with Gasteiger partial charge in [-0.3, -0.25) is 9.59 Å². The van der Waals surface area contributed by atoms with Crippen molar-refractivity contribution in [3.63, 3.8) is 0 Å². The molecule has 0 aliphatic carbocycles. The molecular weight excluding hydrogens is 360 g/mol. The quantitative estimate of drug-likeness (QED) is 0.449. The van der Waals surface area contributed by atoms with Gasteiger partial charge in [-0.05, 0) is 24.0 Å². The number of rotatable bonds is 13. The molecule has 0 amide bonds. The minimum absolute atomic E-state index is 0.169. The Labute approximate surface area is 148 Å². The van der Waals surface area contributed by atoms with Crippen molar-refractivity contribution in [1.29, 1.82) is 0 Å². The highest BCUT2D eigenvalue weighted by atomic mass is 32.2.